The van der Waals surface area contributed by atoms with Crippen LogP contribution in [0.2, 0.25) is 0 Å². The van der Waals surface area contributed by atoms with Crippen molar-refractivity contribution >= 4 is 11.3 Å². The molecule has 0 radical (unpaired) electrons. The topological polar surface area (TPSA) is 52.0 Å². The lowest BCUT2D eigenvalue weighted by molar-refractivity contribution is 0.375. The van der Waals surface area contributed by atoms with Gasteiger partial charge < -0.3 is 10.1 Å². The molecule has 1 aliphatic carbocycles. The number of methoxy groups -OCH3 is 1. The molecule has 6 heteroatoms. The van der Waals surface area contributed by atoms with Gasteiger partial charge in [0.15, 0.2) is 0 Å². The summed E-state index contributed by atoms with van der Waals surface area (Å²) in [6.45, 7) is 5.16. The second kappa shape index (κ2) is 5.77. The van der Waals surface area contributed by atoms with Gasteiger partial charge in [0.05, 0.1) is 24.1 Å². The third kappa shape index (κ3) is 2.46. The summed E-state index contributed by atoms with van der Waals surface area (Å²) >= 11 is 1.79. The second-order valence-corrected chi connectivity index (χ2v) is 6.46. The Morgan fingerprint density at radius 1 is 1.48 bits per heavy atom. The number of ether oxygens (including phenoxy) is 1. The molecule has 0 aromatic carbocycles. The van der Waals surface area contributed by atoms with Crippen molar-refractivity contribution < 1.29 is 4.74 Å². The highest BCUT2D eigenvalue weighted by atomic mass is 32.1. The molecular formula is C15H22N4OS. The number of rotatable bonds is 4. The summed E-state index contributed by atoms with van der Waals surface area (Å²) < 4.78 is 7.29. The van der Waals surface area contributed by atoms with Gasteiger partial charge >= 0.3 is 0 Å². The van der Waals surface area contributed by atoms with Crippen LogP contribution in [0.15, 0.2) is 0 Å². The average Bonchev–Trinajstić information content (AvgIpc) is 2.99. The largest absolute Gasteiger partial charge is 0.481 e. The summed E-state index contributed by atoms with van der Waals surface area (Å²) in [5, 5.41) is 9.07. The van der Waals surface area contributed by atoms with E-state index >= 15 is 0 Å². The van der Waals surface area contributed by atoms with E-state index in [2.05, 4.69) is 17.3 Å². The number of hydrogen-bond acceptors (Lipinski definition) is 5. The highest BCUT2D eigenvalue weighted by Gasteiger charge is 2.27. The van der Waals surface area contributed by atoms with Crippen molar-refractivity contribution in [1.29, 1.82) is 0 Å². The molecule has 2 aromatic heterocycles. The Kier molecular flexibility index (Phi) is 3.99. The standard InChI is InChI=1S/C15H22N4OS/c1-5-16-10-7-6-8-11-13(10)21-14(17-11)12-9(2)18-19(3)15(12)20-4/h10,16H,5-8H2,1-4H3. The third-order valence-corrected chi connectivity index (χ3v) is 5.21. The Morgan fingerprint density at radius 3 is 3.00 bits per heavy atom. The van der Waals surface area contributed by atoms with Crippen molar-refractivity contribution in [3.63, 3.8) is 0 Å². The molecule has 1 N–H and O–H groups in total. The lowest BCUT2D eigenvalue weighted by Gasteiger charge is -2.21. The van der Waals surface area contributed by atoms with Crippen molar-refractivity contribution in [2.45, 2.75) is 39.2 Å². The Balaban J connectivity index is 2.05. The van der Waals surface area contributed by atoms with E-state index in [1.165, 1.54) is 23.4 Å². The minimum Gasteiger partial charge on any atom is -0.481 e. The van der Waals surface area contributed by atoms with E-state index in [4.69, 9.17) is 9.72 Å². The number of aryl methyl sites for hydroxylation is 3. The molecule has 5 nitrogen and oxygen atoms in total. The molecule has 2 heterocycles. The van der Waals surface area contributed by atoms with E-state index in [0.717, 1.165) is 35.1 Å². The predicted octanol–water partition coefficient (Wildman–Crippen LogP) is 2.85. The molecule has 0 aliphatic heterocycles. The Labute approximate surface area is 129 Å². The molecule has 114 valence electrons. The average molecular weight is 306 g/mol. The molecule has 0 saturated carbocycles. The van der Waals surface area contributed by atoms with Crippen LogP contribution in [0, 0.1) is 6.92 Å². The summed E-state index contributed by atoms with van der Waals surface area (Å²) in [6.07, 6.45) is 3.48. The van der Waals surface area contributed by atoms with Crippen molar-refractivity contribution in [3.05, 3.63) is 16.3 Å². The predicted molar refractivity (Wildman–Crippen MR) is 85.0 cm³/mol. The van der Waals surface area contributed by atoms with Crippen LogP contribution >= 0.6 is 11.3 Å². The summed E-state index contributed by atoms with van der Waals surface area (Å²) in [7, 11) is 3.60. The van der Waals surface area contributed by atoms with Crippen LogP contribution in [-0.2, 0) is 13.5 Å². The molecule has 0 spiro atoms. The van der Waals surface area contributed by atoms with Gasteiger partial charge in [0.2, 0.25) is 5.88 Å². The molecule has 1 atom stereocenters. The van der Waals surface area contributed by atoms with Crippen LogP contribution in [-0.4, -0.2) is 28.4 Å². The Bertz CT molecular complexity index is 646. The number of hydrogen-bond donors (Lipinski definition) is 1. The molecule has 0 amide bonds. The van der Waals surface area contributed by atoms with Gasteiger partial charge in [-0.05, 0) is 32.7 Å². The van der Waals surface area contributed by atoms with E-state index in [9.17, 15) is 0 Å². The molecular weight excluding hydrogens is 284 g/mol. The van der Waals surface area contributed by atoms with Gasteiger partial charge in [-0.25, -0.2) is 9.67 Å². The highest BCUT2D eigenvalue weighted by Crippen LogP contribution is 2.41. The molecule has 0 saturated heterocycles. The summed E-state index contributed by atoms with van der Waals surface area (Å²) in [5.41, 5.74) is 3.26. The fourth-order valence-electron chi connectivity index (χ4n) is 3.09. The van der Waals surface area contributed by atoms with Crippen molar-refractivity contribution in [2.75, 3.05) is 13.7 Å². The molecule has 3 rings (SSSR count). The lowest BCUT2D eigenvalue weighted by atomic mass is 9.98. The first-order valence-corrected chi connectivity index (χ1v) is 8.28. The zero-order valence-electron chi connectivity index (χ0n) is 13.1. The van der Waals surface area contributed by atoms with E-state index in [0.29, 0.717) is 6.04 Å². The number of aromatic nitrogens is 3. The molecule has 0 fully saturated rings. The number of nitrogens with zero attached hydrogens (tertiary/aromatic N) is 3. The van der Waals surface area contributed by atoms with Gasteiger partial charge in [0.1, 0.15) is 5.01 Å². The maximum atomic E-state index is 5.51. The summed E-state index contributed by atoms with van der Waals surface area (Å²) in [5.74, 6) is 0.790. The minimum atomic E-state index is 0.452. The lowest BCUT2D eigenvalue weighted by Crippen LogP contribution is -2.23. The van der Waals surface area contributed by atoms with Crippen molar-refractivity contribution in [2.24, 2.45) is 7.05 Å². The van der Waals surface area contributed by atoms with Crippen LogP contribution in [0.4, 0.5) is 0 Å². The van der Waals surface area contributed by atoms with Crippen molar-refractivity contribution in [3.8, 4) is 16.5 Å². The van der Waals surface area contributed by atoms with Crippen molar-refractivity contribution in [1.82, 2.24) is 20.1 Å². The minimum absolute atomic E-state index is 0.452. The molecule has 21 heavy (non-hydrogen) atoms. The maximum Gasteiger partial charge on any atom is 0.222 e. The molecule has 1 unspecified atom stereocenters. The first-order chi connectivity index (χ1) is 10.2. The maximum absolute atomic E-state index is 5.51. The quantitative estimate of drug-likeness (QED) is 0.943. The first kappa shape index (κ1) is 14.5. The molecule has 2 aromatic rings. The normalized spacial score (nSPS) is 17.8. The SMILES string of the molecule is CCNC1CCCc2nc(-c3c(C)nn(C)c3OC)sc21. The monoisotopic (exact) mass is 306 g/mol. The van der Waals surface area contributed by atoms with Crippen LogP contribution < -0.4 is 10.1 Å². The Hall–Kier alpha value is -1.40. The van der Waals surface area contributed by atoms with E-state index in [1.807, 2.05) is 14.0 Å². The van der Waals surface area contributed by atoms with Gasteiger partial charge in [0, 0.05) is 18.0 Å². The number of nitrogens with one attached hydrogen (secondary N) is 1. The van der Waals surface area contributed by atoms with Crippen LogP contribution in [0.1, 0.15) is 42.1 Å². The third-order valence-electron chi connectivity index (χ3n) is 3.98. The number of thiazole rings is 1. The van der Waals surface area contributed by atoms with Gasteiger partial charge in [-0.1, -0.05) is 6.92 Å². The second-order valence-electron chi connectivity index (χ2n) is 5.43. The first-order valence-electron chi connectivity index (χ1n) is 7.46. The van der Waals surface area contributed by atoms with Crippen LogP contribution in [0.5, 0.6) is 5.88 Å². The highest BCUT2D eigenvalue weighted by molar-refractivity contribution is 7.15. The fourth-order valence-corrected chi connectivity index (χ4v) is 4.40. The summed E-state index contributed by atoms with van der Waals surface area (Å²) in [6, 6.07) is 0.452. The van der Waals surface area contributed by atoms with Gasteiger partial charge in [-0.2, -0.15) is 5.10 Å². The Morgan fingerprint density at radius 2 is 2.29 bits per heavy atom. The van der Waals surface area contributed by atoms with Gasteiger partial charge in [0.25, 0.3) is 0 Å². The smallest absolute Gasteiger partial charge is 0.222 e. The fraction of sp³-hybridized carbons (Fsp3) is 0.600. The van der Waals surface area contributed by atoms with Crippen LogP contribution in [0.3, 0.4) is 0 Å². The van der Waals surface area contributed by atoms with E-state index in [-0.39, 0.29) is 0 Å². The molecule has 0 bridgehead atoms. The van der Waals surface area contributed by atoms with E-state index < -0.39 is 0 Å². The zero-order valence-corrected chi connectivity index (χ0v) is 13.9. The van der Waals surface area contributed by atoms with E-state index in [1.54, 1.807) is 23.1 Å². The van der Waals surface area contributed by atoms with Gasteiger partial charge in [-0.3, -0.25) is 0 Å². The zero-order chi connectivity index (χ0) is 15.0. The van der Waals surface area contributed by atoms with Crippen LogP contribution in [0.25, 0.3) is 10.6 Å². The number of fused-ring (bicyclic) bond motifs is 1. The summed E-state index contributed by atoms with van der Waals surface area (Å²) in [4.78, 5) is 6.27. The van der Waals surface area contributed by atoms with Gasteiger partial charge in [-0.15, -0.1) is 11.3 Å². The molecule has 1 aliphatic rings.